The Morgan fingerprint density at radius 3 is 2.72 bits per heavy atom. The Morgan fingerprint density at radius 2 is 2.11 bits per heavy atom. The number of rotatable bonds is 4. The van der Waals surface area contributed by atoms with E-state index in [0.29, 0.717) is 12.3 Å². The van der Waals surface area contributed by atoms with Crippen molar-refractivity contribution in [2.75, 3.05) is 0 Å². The molecule has 0 amide bonds. The van der Waals surface area contributed by atoms with Gasteiger partial charge in [0.05, 0.1) is 16.1 Å². The summed E-state index contributed by atoms with van der Waals surface area (Å²) >= 11 is 1.65. The summed E-state index contributed by atoms with van der Waals surface area (Å²) in [6.07, 6.45) is 8.78. The lowest BCUT2D eigenvalue weighted by Gasteiger charge is -2.19. The second-order valence-electron chi connectivity index (χ2n) is 5.76. The summed E-state index contributed by atoms with van der Waals surface area (Å²) in [6, 6.07) is 0. The zero-order valence-corrected chi connectivity index (χ0v) is 11.3. The van der Waals surface area contributed by atoms with Crippen molar-refractivity contribution in [3.8, 4) is 0 Å². The van der Waals surface area contributed by atoms with Crippen LogP contribution < -0.4 is 0 Å². The van der Waals surface area contributed by atoms with E-state index >= 15 is 0 Å². The van der Waals surface area contributed by atoms with Crippen LogP contribution in [0.2, 0.25) is 0 Å². The predicted octanol–water partition coefficient (Wildman–Crippen LogP) is 3.60. The third kappa shape index (κ3) is 2.30. The fraction of sp³-hybridized carbons (Fsp3) is 0.714. The number of carboxylic acids is 1. The number of thiazole rings is 1. The molecule has 0 unspecified atom stereocenters. The summed E-state index contributed by atoms with van der Waals surface area (Å²) in [7, 11) is 0. The van der Waals surface area contributed by atoms with E-state index in [-0.39, 0.29) is 0 Å². The number of hydrogen-bond acceptors (Lipinski definition) is 3. The van der Waals surface area contributed by atoms with Gasteiger partial charge in [-0.25, -0.2) is 4.98 Å². The molecule has 3 nitrogen and oxygen atoms in total. The van der Waals surface area contributed by atoms with Crippen molar-refractivity contribution in [2.24, 2.45) is 5.41 Å². The molecule has 98 valence electrons. The summed E-state index contributed by atoms with van der Waals surface area (Å²) in [5.74, 6) is -0.0133. The van der Waals surface area contributed by atoms with E-state index in [1.807, 2.05) is 0 Å². The Labute approximate surface area is 111 Å². The summed E-state index contributed by atoms with van der Waals surface area (Å²) < 4.78 is 0. The second kappa shape index (κ2) is 4.65. The molecule has 2 saturated carbocycles. The maximum absolute atomic E-state index is 11.2. The molecule has 0 radical (unpaired) electrons. The van der Waals surface area contributed by atoms with Gasteiger partial charge in [-0.3, -0.25) is 4.79 Å². The quantitative estimate of drug-likeness (QED) is 0.905. The highest BCUT2D eigenvalue weighted by Gasteiger charge is 2.50. The first-order chi connectivity index (χ1) is 8.70. The molecule has 2 aliphatic carbocycles. The molecule has 0 spiro atoms. The van der Waals surface area contributed by atoms with Crippen molar-refractivity contribution >= 4 is 17.3 Å². The molecule has 2 fully saturated rings. The van der Waals surface area contributed by atoms with Gasteiger partial charge in [-0.15, -0.1) is 11.3 Å². The van der Waals surface area contributed by atoms with Crippen LogP contribution in [0.25, 0.3) is 0 Å². The van der Waals surface area contributed by atoms with Gasteiger partial charge in [0.2, 0.25) is 0 Å². The molecule has 0 atom stereocenters. The minimum atomic E-state index is -0.642. The number of carbonyl (C=O) groups is 1. The van der Waals surface area contributed by atoms with E-state index in [2.05, 4.69) is 5.38 Å². The highest BCUT2D eigenvalue weighted by molar-refractivity contribution is 7.09. The second-order valence-corrected chi connectivity index (χ2v) is 6.71. The van der Waals surface area contributed by atoms with Gasteiger partial charge in [-0.05, 0) is 25.7 Å². The van der Waals surface area contributed by atoms with Gasteiger partial charge in [0.1, 0.15) is 0 Å². The van der Waals surface area contributed by atoms with Gasteiger partial charge in [0, 0.05) is 17.7 Å². The summed E-state index contributed by atoms with van der Waals surface area (Å²) in [6.45, 7) is 0. The molecular formula is C14H19NO2S. The highest BCUT2D eigenvalue weighted by atomic mass is 32.1. The third-order valence-electron chi connectivity index (χ3n) is 4.39. The number of aromatic nitrogens is 1. The molecule has 3 rings (SSSR count). The predicted molar refractivity (Wildman–Crippen MR) is 70.9 cm³/mol. The fourth-order valence-corrected chi connectivity index (χ4v) is 3.92. The maximum Gasteiger partial charge on any atom is 0.310 e. The molecule has 1 aromatic rings. The standard InChI is InChI=1S/C14H19NO2S/c16-13(17)14(6-7-14)8-12-15-11(9-18-12)10-4-2-1-3-5-10/h9-10H,1-8H2,(H,16,17). The summed E-state index contributed by atoms with van der Waals surface area (Å²) in [5, 5.41) is 12.4. The van der Waals surface area contributed by atoms with Crippen LogP contribution in [0.5, 0.6) is 0 Å². The van der Waals surface area contributed by atoms with Gasteiger partial charge in [0.15, 0.2) is 0 Å². The van der Waals surface area contributed by atoms with Crippen molar-refractivity contribution in [1.82, 2.24) is 4.98 Å². The number of carboxylic acid groups (broad SMARTS) is 1. The molecule has 0 saturated heterocycles. The third-order valence-corrected chi connectivity index (χ3v) is 5.26. The molecule has 1 N–H and O–H groups in total. The number of hydrogen-bond donors (Lipinski definition) is 1. The van der Waals surface area contributed by atoms with Crippen molar-refractivity contribution in [3.05, 3.63) is 16.1 Å². The van der Waals surface area contributed by atoms with Crippen molar-refractivity contribution < 1.29 is 9.90 Å². The molecule has 4 heteroatoms. The molecule has 0 aromatic carbocycles. The largest absolute Gasteiger partial charge is 0.481 e. The molecule has 1 heterocycles. The van der Waals surface area contributed by atoms with Crippen molar-refractivity contribution in [3.63, 3.8) is 0 Å². The topological polar surface area (TPSA) is 50.2 Å². The zero-order chi connectivity index (χ0) is 12.6. The smallest absolute Gasteiger partial charge is 0.310 e. The van der Waals surface area contributed by atoms with Crippen LogP contribution in [0.4, 0.5) is 0 Å². The van der Waals surface area contributed by atoms with Crippen LogP contribution in [0, 0.1) is 5.41 Å². The summed E-state index contributed by atoms with van der Waals surface area (Å²) in [4.78, 5) is 15.9. The number of aliphatic carboxylic acids is 1. The van der Waals surface area contributed by atoms with Crippen molar-refractivity contribution in [2.45, 2.75) is 57.3 Å². The van der Waals surface area contributed by atoms with E-state index < -0.39 is 11.4 Å². The monoisotopic (exact) mass is 265 g/mol. The van der Waals surface area contributed by atoms with E-state index in [4.69, 9.17) is 4.98 Å². The first-order valence-electron chi connectivity index (χ1n) is 6.87. The van der Waals surface area contributed by atoms with E-state index in [9.17, 15) is 9.90 Å². The van der Waals surface area contributed by atoms with Gasteiger partial charge in [-0.1, -0.05) is 19.3 Å². The van der Waals surface area contributed by atoms with Crippen LogP contribution >= 0.6 is 11.3 Å². The number of nitrogens with zero attached hydrogens (tertiary/aromatic N) is 1. The average Bonchev–Trinajstić information content (AvgIpc) is 3.01. The Balaban J connectivity index is 1.68. The van der Waals surface area contributed by atoms with E-state index in [0.717, 1.165) is 17.8 Å². The molecule has 0 bridgehead atoms. The lowest BCUT2D eigenvalue weighted by Crippen LogP contribution is -2.17. The fourth-order valence-electron chi connectivity index (χ4n) is 2.90. The molecule has 2 aliphatic rings. The molecule has 18 heavy (non-hydrogen) atoms. The Hall–Kier alpha value is -0.900. The van der Waals surface area contributed by atoms with E-state index in [1.54, 1.807) is 11.3 Å². The minimum Gasteiger partial charge on any atom is -0.481 e. The van der Waals surface area contributed by atoms with E-state index in [1.165, 1.54) is 37.8 Å². The van der Waals surface area contributed by atoms with Crippen LogP contribution in [-0.2, 0) is 11.2 Å². The average molecular weight is 265 g/mol. The van der Waals surface area contributed by atoms with Crippen molar-refractivity contribution in [1.29, 1.82) is 0 Å². The maximum atomic E-state index is 11.2. The van der Waals surface area contributed by atoms with Crippen LogP contribution in [0.3, 0.4) is 0 Å². The minimum absolute atomic E-state index is 0.471. The summed E-state index contributed by atoms with van der Waals surface area (Å²) in [5.41, 5.74) is 0.748. The first-order valence-corrected chi connectivity index (χ1v) is 7.75. The van der Waals surface area contributed by atoms with Gasteiger partial charge < -0.3 is 5.11 Å². The molecule has 0 aliphatic heterocycles. The van der Waals surface area contributed by atoms with Crippen LogP contribution in [0.1, 0.15) is 61.6 Å². The molecule has 1 aromatic heterocycles. The Morgan fingerprint density at radius 1 is 1.39 bits per heavy atom. The normalized spacial score (nSPS) is 22.9. The SMILES string of the molecule is O=C(O)C1(Cc2nc(C3CCCCC3)cs2)CC1. The zero-order valence-electron chi connectivity index (χ0n) is 10.5. The lowest BCUT2D eigenvalue weighted by atomic mass is 9.87. The van der Waals surface area contributed by atoms with Crippen LogP contribution in [0.15, 0.2) is 5.38 Å². The Kier molecular flexibility index (Phi) is 3.14. The van der Waals surface area contributed by atoms with Gasteiger partial charge in [0.25, 0.3) is 0 Å². The molecular weight excluding hydrogens is 246 g/mol. The van der Waals surface area contributed by atoms with Gasteiger partial charge in [-0.2, -0.15) is 0 Å². The van der Waals surface area contributed by atoms with Gasteiger partial charge >= 0.3 is 5.97 Å². The first kappa shape index (κ1) is 12.2. The highest BCUT2D eigenvalue weighted by Crippen LogP contribution is 2.49. The van der Waals surface area contributed by atoms with Crippen LogP contribution in [-0.4, -0.2) is 16.1 Å². The Bertz CT molecular complexity index is 444. The lowest BCUT2D eigenvalue weighted by molar-refractivity contribution is -0.143.